The lowest BCUT2D eigenvalue weighted by Crippen LogP contribution is -2.47. The van der Waals surface area contributed by atoms with Gasteiger partial charge in [0.25, 0.3) is 0 Å². The van der Waals surface area contributed by atoms with Gasteiger partial charge < -0.3 is 14.2 Å². The lowest BCUT2D eigenvalue weighted by atomic mass is 9.79. The summed E-state index contributed by atoms with van der Waals surface area (Å²) in [5, 5.41) is 0. The predicted molar refractivity (Wildman–Crippen MR) is 88.1 cm³/mol. The van der Waals surface area contributed by atoms with Crippen LogP contribution in [0.3, 0.4) is 0 Å². The fourth-order valence-electron chi connectivity index (χ4n) is 3.93. The summed E-state index contributed by atoms with van der Waals surface area (Å²) in [5.41, 5.74) is 2.38. The van der Waals surface area contributed by atoms with E-state index in [0.717, 1.165) is 62.4 Å². The fraction of sp³-hybridized carbons (Fsp3) is 0.556. The summed E-state index contributed by atoms with van der Waals surface area (Å²) in [6, 6.07) is 8.17. The highest BCUT2D eigenvalue weighted by atomic mass is 16.5. The van der Waals surface area contributed by atoms with Crippen LogP contribution < -0.4 is 0 Å². The predicted octanol–water partition coefficient (Wildman–Crippen LogP) is 2.14. The standard InChI is InChI=1S/C18H23N3O2/c1-20-15-5-3-2-4-14(15)19-16(20)7-10-21-12-18(8-6-17(21)22)9-11-23-13-18/h2-5H,6-13H2,1H3. The van der Waals surface area contributed by atoms with Crippen LogP contribution in [-0.4, -0.2) is 46.7 Å². The number of carbonyl (C=O) groups is 1. The molecule has 0 bridgehead atoms. The van der Waals surface area contributed by atoms with Gasteiger partial charge in [-0.25, -0.2) is 4.98 Å². The highest BCUT2D eigenvalue weighted by Gasteiger charge is 2.41. The molecule has 2 aliphatic heterocycles. The molecule has 2 saturated heterocycles. The average molecular weight is 313 g/mol. The molecule has 5 nitrogen and oxygen atoms in total. The Bertz CT molecular complexity index is 731. The number of para-hydroxylation sites is 2. The number of rotatable bonds is 3. The van der Waals surface area contributed by atoms with Crippen molar-refractivity contribution in [2.45, 2.75) is 25.7 Å². The molecule has 0 aliphatic carbocycles. The molecule has 5 heteroatoms. The lowest BCUT2D eigenvalue weighted by molar-refractivity contribution is -0.137. The molecule has 4 rings (SSSR count). The second kappa shape index (κ2) is 5.64. The topological polar surface area (TPSA) is 47.4 Å². The SMILES string of the molecule is Cn1c(CCN2CC3(CCOC3)CCC2=O)nc2ccccc21. The van der Waals surface area contributed by atoms with Crippen LogP contribution in [0.4, 0.5) is 0 Å². The van der Waals surface area contributed by atoms with Crippen molar-refractivity contribution in [3.63, 3.8) is 0 Å². The summed E-state index contributed by atoms with van der Waals surface area (Å²) in [7, 11) is 2.05. The van der Waals surface area contributed by atoms with Crippen LogP contribution >= 0.6 is 0 Å². The average Bonchev–Trinajstić information content (AvgIpc) is 3.14. The monoisotopic (exact) mass is 313 g/mol. The molecule has 0 radical (unpaired) electrons. The number of likely N-dealkylation sites (tertiary alicyclic amines) is 1. The maximum atomic E-state index is 12.3. The Morgan fingerprint density at radius 2 is 2.17 bits per heavy atom. The van der Waals surface area contributed by atoms with Crippen LogP contribution in [0.25, 0.3) is 11.0 Å². The number of imidazole rings is 1. The quantitative estimate of drug-likeness (QED) is 0.872. The molecule has 0 N–H and O–H groups in total. The Kier molecular flexibility index (Phi) is 3.60. The molecule has 2 aromatic rings. The zero-order chi connectivity index (χ0) is 15.9. The van der Waals surface area contributed by atoms with Gasteiger partial charge in [0, 0.05) is 45.0 Å². The van der Waals surface area contributed by atoms with Gasteiger partial charge in [-0.15, -0.1) is 0 Å². The van der Waals surface area contributed by atoms with Gasteiger partial charge in [0.15, 0.2) is 0 Å². The van der Waals surface area contributed by atoms with Gasteiger partial charge in [-0.1, -0.05) is 12.1 Å². The molecule has 0 saturated carbocycles. The number of piperidine rings is 1. The summed E-state index contributed by atoms with van der Waals surface area (Å²) >= 11 is 0. The largest absolute Gasteiger partial charge is 0.381 e. The second-order valence-corrected chi connectivity index (χ2v) is 6.94. The first-order chi connectivity index (χ1) is 11.2. The number of fused-ring (bicyclic) bond motifs is 1. The summed E-state index contributed by atoms with van der Waals surface area (Å²) in [5.74, 6) is 1.32. The van der Waals surface area contributed by atoms with Gasteiger partial charge >= 0.3 is 0 Å². The number of amides is 1. The van der Waals surface area contributed by atoms with Crippen molar-refractivity contribution in [1.29, 1.82) is 0 Å². The maximum absolute atomic E-state index is 12.3. The molecule has 1 spiro atoms. The van der Waals surface area contributed by atoms with Crippen molar-refractivity contribution >= 4 is 16.9 Å². The molecule has 23 heavy (non-hydrogen) atoms. The Morgan fingerprint density at radius 1 is 1.30 bits per heavy atom. The van der Waals surface area contributed by atoms with E-state index in [1.807, 2.05) is 23.1 Å². The third kappa shape index (κ3) is 2.63. The summed E-state index contributed by atoms with van der Waals surface area (Å²) in [6.45, 7) is 3.24. The van der Waals surface area contributed by atoms with Crippen molar-refractivity contribution in [1.82, 2.24) is 14.5 Å². The number of aryl methyl sites for hydroxylation is 1. The number of carbonyl (C=O) groups excluding carboxylic acids is 1. The van der Waals surface area contributed by atoms with Crippen LogP contribution in [0.15, 0.2) is 24.3 Å². The van der Waals surface area contributed by atoms with Crippen molar-refractivity contribution in [2.75, 3.05) is 26.3 Å². The molecule has 2 aliphatic rings. The molecular weight excluding hydrogens is 290 g/mol. The number of aromatic nitrogens is 2. The normalized spacial score (nSPS) is 24.9. The van der Waals surface area contributed by atoms with Crippen LogP contribution in [-0.2, 0) is 23.0 Å². The zero-order valence-corrected chi connectivity index (χ0v) is 13.6. The van der Waals surface area contributed by atoms with Crippen molar-refractivity contribution < 1.29 is 9.53 Å². The molecule has 1 atom stereocenters. The number of nitrogens with zero attached hydrogens (tertiary/aromatic N) is 3. The maximum Gasteiger partial charge on any atom is 0.222 e. The first-order valence-electron chi connectivity index (χ1n) is 8.43. The Balaban J connectivity index is 1.48. The fourth-order valence-corrected chi connectivity index (χ4v) is 3.93. The Morgan fingerprint density at radius 3 is 2.96 bits per heavy atom. The van der Waals surface area contributed by atoms with Crippen molar-refractivity contribution in [2.24, 2.45) is 12.5 Å². The Hall–Kier alpha value is -1.88. The van der Waals surface area contributed by atoms with E-state index in [9.17, 15) is 4.79 Å². The second-order valence-electron chi connectivity index (χ2n) is 6.94. The molecule has 1 amide bonds. The zero-order valence-electron chi connectivity index (χ0n) is 13.6. The minimum absolute atomic E-state index is 0.209. The van der Waals surface area contributed by atoms with Crippen LogP contribution in [0.2, 0.25) is 0 Å². The number of hydrogen-bond donors (Lipinski definition) is 0. The summed E-state index contributed by atoms with van der Waals surface area (Å²) in [6.07, 6.45) is 3.53. The minimum atomic E-state index is 0.209. The van der Waals surface area contributed by atoms with E-state index < -0.39 is 0 Å². The summed E-state index contributed by atoms with van der Waals surface area (Å²) in [4.78, 5) is 19.0. The minimum Gasteiger partial charge on any atom is -0.381 e. The van der Waals surface area contributed by atoms with Crippen molar-refractivity contribution in [3.8, 4) is 0 Å². The van der Waals surface area contributed by atoms with Crippen molar-refractivity contribution in [3.05, 3.63) is 30.1 Å². The summed E-state index contributed by atoms with van der Waals surface area (Å²) < 4.78 is 7.73. The van der Waals surface area contributed by atoms with E-state index in [2.05, 4.69) is 17.7 Å². The van der Waals surface area contributed by atoms with E-state index in [0.29, 0.717) is 6.42 Å². The highest BCUT2D eigenvalue weighted by Crippen LogP contribution is 2.38. The number of hydrogen-bond acceptors (Lipinski definition) is 3. The molecular formula is C18H23N3O2. The van der Waals surface area contributed by atoms with E-state index in [-0.39, 0.29) is 11.3 Å². The van der Waals surface area contributed by atoms with E-state index >= 15 is 0 Å². The van der Waals surface area contributed by atoms with Gasteiger partial charge in [0.05, 0.1) is 17.6 Å². The van der Waals surface area contributed by atoms with E-state index in [1.165, 1.54) is 0 Å². The van der Waals surface area contributed by atoms with Gasteiger partial charge in [0.2, 0.25) is 5.91 Å². The molecule has 1 unspecified atom stereocenters. The van der Waals surface area contributed by atoms with Crippen LogP contribution in [0.1, 0.15) is 25.1 Å². The number of benzene rings is 1. The first-order valence-corrected chi connectivity index (χ1v) is 8.43. The van der Waals surface area contributed by atoms with Gasteiger partial charge in [0.1, 0.15) is 5.82 Å². The number of ether oxygens (including phenoxy) is 1. The smallest absolute Gasteiger partial charge is 0.222 e. The first kappa shape index (κ1) is 14.7. The molecule has 1 aromatic carbocycles. The van der Waals surface area contributed by atoms with Gasteiger partial charge in [-0.05, 0) is 25.0 Å². The molecule has 3 heterocycles. The lowest BCUT2D eigenvalue weighted by Gasteiger charge is -2.39. The van der Waals surface area contributed by atoms with E-state index in [4.69, 9.17) is 9.72 Å². The van der Waals surface area contributed by atoms with E-state index in [1.54, 1.807) is 0 Å². The van der Waals surface area contributed by atoms with Gasteiger partial charge in [-0.2, -0.15) is 0 Å². The van der Waals surface area contributed by atoms with Gasteiger partial charge in [-0.3, -0.25) is 4.79 Å². The van der Waals surface area contributed by atoms with Crippen LogP contribution in [0, 0.1) is 5.41 Å². The third-order valence-corrected chi connectivity index (χ3v) is 5.42. The highest BCUT2D eigenvalue weighted by molar-refractivity contribution is 5.77. The van der Waals surface area contributed by atoms with Crippen LogP contribution in [0.5, 0.6) is 0 Å². The third-order valence-electron chi connectivity index (χ3n) is 5.42. The molecule has 122 valence electrons. The molecule has 2 fully saturated rings. The Labute approximate surface area is 136 Å². The molecule has 1 aromatic heterocycles.